The Morgan fingerprint density at radius 2 is 1.83 bits per heavy atom. The topological polar surface area (TPSA) is 42.0 Å². The summed E-state index contributed by atoms with van der Waals surface area (Å²) < 4.78 is 0. The van der Waals surface area contributed by atoms with Crippen LogP contribution in [0.5, 0.6) is 0 Å². The van der Waals surface area contributed by atoms with E-state index in [1.807, 2.05) is 75.4 Å². The summed E-state index contributed by atoms with van der Waals surface area (Å²) in [5.74, 6) is -0.109. The molecular weight excluding hydrogens is 296 g/mol. The SMILES string of the molecule is C/C=C(\C)c1cccc(C)c1C(=O)Nc1cccc2cccnc12. The van der Waals surface area contributed by atoms with E-state index in [1.165, 1.54) is 0 Å². The van der Waals surface area contributed by atoms with Crippen molar-refractivity contribution in [2.45, 2.75) is 20.8 Å². The third-order valence-electron chi connectivity index (χ3n) is 4.24. The number of hydrogen-bond donors (Lipinski definition) is 1. The fourth-order valence-corrected chi connectivity index (χ4v) is 2.84. The van der Waals surface area contributed by atoms with E-state index >= 15 is 0 Å². The maximum absolute atomic E-state index is 13.0. The second kappa shape index (κ2) is 6.67. The molecule has 3 heteroatoms. The molecule has 1 heterocycles. The fraction of sp³-hybridized carbons (Fsp3) is 0.143. The van der Waals surface area contributed by atoms with Crippen molar-refractivity contribution in [2.24, 2.45) is 0 Å². The predicted octanol–water partition coefficient (Wildman–Crippen LogP) is 5.22. The Kier molecular flexibility index (Phi) is 4.43. The third-order valence-corrected chi connectivity index (χ3v) is 4.24. The van der Waals surface area contributed by atoms with E-state index in [4.69, 9.17) is 0 Å². The maximum Gasteiger partial charge on any atom is 0.256 e. The lowest BCUT2D eigenvalue weighted by Crippen LogP contribution is -2.16. The molecule has 1 amide bonds. The van der Waals surface area contributed by atoms with Crippen LogP contribution in [-0.4, -0.2) is 10.9 Å². The van der Waals surface area contributed by atoms with Gasteiger partial charge in [0.2, 0.25) is 0 Å². The number of anilines is 1. The van der Waals surface area contributed by atoms with E-state index in [9.17, 15) is 4.79 Å². The van der Waals surface area contributed by atoms with Crippen molar-refractivity contribution in [1.29, 1.82) is 0 Å². The van der Waals surface area contributed by atoms with Crippen molar-refractivity contribution in [3.63, 3.8) is 0 Å². The molecule has 24 heavy (non-hydrogen) atoms. The smallest absolute Gasteiger partial charge is 0.256 e. The van der Waals surface area contributed by atoms with Gasteiger partial charge in [-0.15, -0.1) is 0 Å². The monoisotopic (exact) mass is 316 g/mol. The minimum absolute atomic E-state index is 0.109. The first-order valence-electron chi connectivity index (χ1n) is 8.00. The average molecular weight is 316 g/mol. The number of aryl methyl sites for hydroxylation is 1. The highest BCUT2D eigenvalue weighted by molar-refractivity contribution is 6.11. The summed E-state index contributed by atoms with van der Waals surface area (Å²) in [4.78, 5) is 17.4. The molecule has 3 rings (SSSR count). The highest BCUT2D eigenvalue weighted by Gasteiger charge is 2.16. The van der Waals surface area contributed by atoms with Gasteiger partial charge in [0.1, 0.15) is 0 Å². The first kappa shape index (κ1) is 15.9. The highest BCUT2D eigenvalue weighted by Crippen LogP contribution is 2.25. The molecule has 0 spiro atoms. The molecule has 0 bridgehead atoms. The summed E-state index contributed by atoms with van der Waals surface area (Å²) in [5.41, 5.74) is 5.24. The van der Waals surface area contributed by atoms with Crippen LogP contribution < -0.4 is 5.32 Å². The number of pyridine rings is 1. The largest absolute Gasteiger partial charge is 0.320 e. The molecule has 120 valence electrons. The normalized spacial score (nSPS) is 11.5. The van der Waals surface area contributed by atoms with Crippen molar-refractivity contribution >= 4 is 28.1 Å². The average Bonchev–Trinajstić information content (AvgIpc) is 2.61. The molecule has 0 saturated heterocycles. The Labute approximate surface area is 142 Å². The van der Waals surface area contributed by atoms with Crippen molar-refractivity contribution in [3.05, 3.63) is 77.5 Å². The zero-order valence-electron chi connectivity index (χ0n) is 14.1. The molecule has 3 aromatic rings. The third kappa shape index (κ3) is 2.93. The first-order chi connectivity index (χ1) is 11.6. The van der Waals surface area contributed by atoms with Crippen LogP contribution in [0.4, 0.5) is 5.69 Å². The maximum atomic E-state index is 13.0. The van der Waals surface area contributed by atoms with Crippen LogP contribution in [0.25, 0.3) is 16.5 Å². The second-order valence-corrected chi connectivity index (χ2v) is 5.80. The summed E-state index contributed by atoms with van der Waals surface area (Å²) in [6, 6.07) is 15.6. The summed E-state index contributed by atoms with van der Waals surface area (Å²) in [5, 5.41) is 4.04. The number of aromatic nitrogens is 1. The molecule has 0 radical (unpaired) electrons. The number of allylic oxidation sites excluding steroid dienone is 2. The van der Waals surface area contributed by atoms with Gasteiger partial charge in [-0.1, -0.05) is 42.5 Å². The molecule has 0 aliphatic carbocycles. The van der Waals surface area contributed by atoms with E-state index in [-0.39, 0.29) is 5.91 Å². The molecule has 1 aromatic heterocycles. The summed E-state index contributed by atoms with van der Waals surface area (Å²) >= 11 is 0. The lowest BCUT2D eigenvalue weighted by Gasteiger charge is -2.14. The first-order valence-corrected chi connectivity index (χ1v) is 8.00. The van der Waals surface area contributed by atoms with E-state index in [0.29, 0.717) is 5.56 Å². The molecular formula is C21H20N2O. The molecule has 0 atom stereocenters. The van der Waals surface area contributed by atoms with E-state index in [2.05, 4.69) is 10.3 Å². The van der Waals surface area contributed by atoms with Crippen molar-refractivity contribution in [2.75, 3.05) is 5.32 Å². The predicted molar refractivity (Wildman–Crippen MR) is 100 cm³/mol. The fourth-order valence-electron chi connectivity index (χ4n) is 2.84. The number of benzene rings is 2. The van der Waals surface area contributed by atoms with Crippen LogP contribution in [-0.2, 0) is 0 Å². The number of para-hydroxylation sites is 1. The summed E-state index contributed by atoms with van der Waals surface area (Å²) in [6.07, 6.45) is 3.76. The van der Waals surface area contributed by atoms with Crippen LogP contribution >= 0.6 is 0 Å². The lowest BCUT2D eigenvalue weighted by atomic mass is 9.96. The van der Waals surface area contributed by atoms with Crippen LogP contribution in [0.2, 0.25) is 0 Å². The Morgan fingerprint density at radius 1 is 1.08 bits per heavy atom. The van der Waals surface area contributed by atoms with E-state index in [1.54, 1.807) is 6.20 Å². The number of carbonyl (C=O) groups is 1. The van der Waals surface area contributed by atoms with Crippen molar-refractivity contribution in [1.82, 2.24) is 4.98 Å². The number of hydrogen-bond acceptors (Lipinski definition) is 2. The summed E-state index contributed by atoms with van der Waals surface area (Å²) in [7, 11) is 0. The number of nitrogens with one attached hydrogen (secondary N) is 1. The van der Waals surface area contributed by atoms with E-state index < -0.39 is 0 Å². The Morgan fingerprint density at radius 3 is 2.62 bits per heavy atom. The number of nitrogens with zero attached hydrogens (tertiary/aromatic N) is 1. The standard InChI is InChI=1S/C21H20N2O/c1-4-14(2)17-11-5-8-15(3)19(17)21(24)23-18-12-6-9-16-10-7-13-22-20(16)18/h4-13H,1-3H3,(H,23,24)/b14-4+. The van der Waals surface area contributed by atoms with Gasteiger partial charge in [-0.05, 0) is 49.6 Å². The molecule has 0 saturated carbocycles. The zero-order chi connectivity index (χ0) is 17.1. The molecule has 0 fully saturated rings. The van der Waals surface area contributed by atoms with Gasteiger partial charge in [-0.25, -0.2) is 0 Å². The lowest BCUT2D eigenvalue weighted by molar-refractivity contribution is 0.102. The van der Waals surface area contributed by atoms with Gasteiger partial charge in [0, 0.05) is 11.6 Å². The van der Waals surface area contributed by atoms with E-state index in [0.717, 1.165) is 33.3 Å². The van der Waals surface area contributed by atoms with Gasteiger partial charge in [0.05, 0.1) is 16.8 Å². The van der Waals surface area contributed by atoms with Gasteiger partial charge in [-0.2, -0.15) is 0 Å². The summed E-state index contributed by atoms with van der Waals surface area (Å²) in [6.45, 7) is 5.96. The molecule has 0 aliphatic rings. The highest BCUT2D eigenvalue weighted by atomic mass is 16.1. The number of rotatable bonds is 3. The Bertz CT molecular complexity index is 936. The van der Waals surface area contributed by atoms with Crippen LogP contribution in [0, 0.1) is 6.92 Å². The van der Waals surface area contributed by atoms with Gasteiger partial charge in [0.15, 0.2) is 0 Å². The molecule has 2 aromatic carbocycles. The quantitative estimate of drug-likeness (QED) is 0.720. The Hall–Kier alpha value is -2.94. The number of fused-ring (bicyclic) bond motifs is 1. The van der Waals surface area contributed by atoms with Crippen molar-refractivity contribution < 1.29 is 4.79 Å². The van der Waals surface area contributed by atoms with Gasteiger partial charge < -0.3 is 5.32 Å². The minimum Gasteiger partial charge on any atom is -0.320 e. The van der Waals surface area contributed by atoms with Crippen LogP contribution in [0.15, 0.2) is 60.8 Å². The van der Waals surface area contributed by atoms with Crippen LogP contribution in [0.3, 0.4) is 0 Å². The molecule has 0 aliphatic heterocycles. The van der Waals surface area contributed by atoms with Gasteiger partial charge in [-0.3, -0.25) is 9.78 Å². The second-order valence-electron chi connectivity index (χ2n) is 5.80. The molecule has 3 nitrogen and oxygen atoms in total. The molecule has 0 unspecified atom stereocenters. The van der Waals surface area contributed by atoms with Gasteiger partial charge >= 0.3 is 0 Å². The number of carbonyl (C=O) groups excluding carboxylic acids is 1. The number of amides is 1. The van der Waals surface area contributed by atoms with Crippen molar-refractivity contribution in [3.8, 4) is 0 Å². The Balaban J connectivity index is 2.05. The molecule has 1 N–H and O–H groups in total. The van der Waals surface area contributed by atoms with Gasteiger partial charge in [0.25, 0.3) is 5.91 Å². The zero-order valence-corrected chi connectivity index (χ0v) is 14.1. The minimum atomic E-state index is -0.109. The van der Waals surface area contributed by atoms with Crippen LogP contribution in [0.1, 0.15) is 35.3 Å².